The molecule has 1 fully saturated rings. The number of fused-ring (bicyclic) bond motifs is 1. The van der Waals surface area contributed by atoms with Crippen molar-refractivity contribution in [1.29, 1.82) is 5.26 Å². The fraction of sp³-hybridized carbons (Fsp3) is 0.643. The zero-order chi connectivity index (χ0) is 11.2. The molecule has 0 radical (unpaired) electrons. The maximum Gasteiger partial charge on any atom is 0.102 e. The summed E-state index contributed by atoms with van der Waals surface area (Å²) in [4.78, 5) is -0.427. The van der Waals surface area contributed by atoms with E-state index in [-0.39, 0.29) is 5.92 Å². The summed E-state index contributed by atoms with van der Waals surface area (Å²) in [6.07, 6.45) is 11.5. The van der Waals surface area contributed by atoms with Gasteiger partial charge in [0.15, 0.2) is 0 Å². The van der Waals surface area contributed by atoms with Crippen molar-refractivity contribution in [2.75, 3.05) is 0 Å². The molecule has 0 amide bonds. The second-order valence-corrected chi connectivity index (χ2v) is 5.83. The molecule has 0 aromatic heterocycles. The van der Waals surface area contributed by atoms with Gasteiger partial charge in [0.1, 0.15) is 4.87 Å². The van der Waals surface area contributed by atoms with Crippen molar-refractivity contribution in [3.05, 3.63) is 23.3 Å². The molecule has 4 rings (SSSR count). The lowest BCUT2D eigenvalue weighted by Gasteiger charge is -2.46. The zero-order valence-electron chi connectivity index (χ0n) is 9.38. The summed E-state index contributed by atoms with van der Waals surface area (Å²) in [6.45, 7) is 0. The average molecular weight is 234 g/mol. The molecule has 0 spiro atoms. The number of hydrogen-bond donors (Lipinski definition) is 0. The highest BCUT2D eigenvalue weighted by Gasteiger charge is 2.50. The number of nitrogens with zero attached hydrogens (tertiary/aromatic N) is 1. The standard InChI is InChI=1S/C14H16ClN/c15-14-11-4-2-1-3-5-12(14)7-10(6-11)8-13(14)9-16/h6-7,10,13H,1-5,8H2. The first-order chi connectivity index (χ1) is 7.75. The molecule has 1 nitrogen and oxygen atoms in total. The Kier molecular flexibility index (Phi) is 2.37. The van der Waals surface area contributed by atoms with Gasteiger partial charge in [-0.15, -0.1) is 11.6 Å². The topological polar surface area (TPSA) is 23.8 Å². The summed E-state index contributed by atoms with van der Waals surface area (Å²) in [5.74, 6) is 0.477. The lowest BCUT2D eigenvalue weighted by atomic mass is 9.62. The highest BCUT2D eigenvalue weighted by molar-refractivity contribution is 6.28. The van der Waals surface area contributed by atoms with Gasteiger partial charge in [-0.3, -0.25) is 0 Å². The van der Waals surface area contributed by atoms with Crippen LogP contribution in [0.5, 0.6) is 0 Å². The van der Waals surface area contributed by atoms with Crippen LogP contribution in [0.1, 0.15) is 38.5 Å². The van der Waals surface area contributed by atoms with Crippen molar-refractivity contribution in [3.63, 3.8) is 0 Å². The SMILES string of the molecule is N#CC1CC2C=C3CCCCCC(=C2)C31Cl. The molecule has 4 aliphatic carbocycles. The first kappa shape index (κ1) is 10.4. The third kappa shape index (κ3) is 1.29. The van der Waals surface area contributed by atoms with E-state index in [4.69, 9.17) is 11.6 Å². The third-order valence-electron chi connectivity index (χ3n) is 4.30. The molecule has 16 heavy (non-hydrogen) atoms. The van der Waals surface area contributed by atoms with Crippen LogP contribution in [0.3, 0.4) is 0 Å². The first-order valence-electron chi connectivity index (χ1n) is 6.26. The van der Waals surface area contributed by atoms with Gasteiger partial charge in [-0.05, 0) is 49.2 Å². The van der Waals surface area contributed by atoms with E-state index >= 15 is 0 Å². The Balaban J connectivity index is 2.08. The van der Waals surface area contributed by atoms with E-state index in [0.717, 1.165) is 19.3 Å². The Bertz CT molecular complexity index is 389. The van der Waals surface area contributed by atoms with Crippen molar-refractivity contribution < 1.29 is 0 Å². The summed E-state index contributed by atoms with van der Waals surface area (Å²) in [5, 5.41) is 9.31. The predicted molar refractivity (Wildman–Crippen MR) is 65.0 cm³/mol. The molecule has 2 heteroatoms. The molecule has 1 unspecified atom stereocenters. The largest absolute Gasteiger partial charge is 0.198 e. The van der Waals surface area contributed by atoms with Crippen LogP contribution in [0.4, 0.5) is 0 Å². The van der Waals surface area contributed by atoms with Gasteiger partial charge in [-0.2, -0.15) is 5.26 Å². The molecule has 0 aromatic carbocycles. The fourth-order valence-corrected chi connectivity index (χ4v) is 3.96. The zero-order valence-corrected chi connectivity index (χ0v) is 10.1. The highest BCUT2D eigenvalue weighted by atomic mass is 35.5. The van der Waals surface area contributed by atoms with Crippen molar-refractivity contribution in [2.45, 2.75) is 43.4 Å². The highest BCUT2D eigenvalue weighted by Crippen LogP contribution is 2.54. The van der Waals surface area contributed by atoms with Gasteiger partial charge in [0.2, 0.25) is 0 Å². The predicted octanol–water partition coefficient (Wildman–Crippen LogP) is 3.95. The minimum Gasteiger partial charge on any atom is -0.198 e. The van der Waals surface area contributed by atoms with Crippen LogP contribution in [0.15, 0.2) is 23.3 Å². The Morgan fingerprint density at radius 2 is 1.81 bits per heavy atom. The molecule has 4 bridgehead atoms. The first-order valence-corrected chi connectivity index (χ1v) is 6.64. The summed E-state index contributed by atoms with van der Waals surface area (Å²) < 4.78 is 0. The van der Waals surface area contributed by atoms with Gasteiger partial charge < -0.3 is 0 Å². The van der Waals surface area contributed by atoms with Gasteiger partial charge in [0.05, 0.1) is 12.0 Å². The summed E-state index contributed by atoms with van der Waals surface area (Å²) in [6, 6.07) is 2.44. The van der Waals surface area contributed by atoms with Gasteiger partial charge in [0.25, 0.3) is 0 Å². The smallest absolute Gasteiger partial charge is 0.102 e. The van der Waals surface area contributed by atoms with Crippen LogP contribution in [0, 0.1) is 23.2 Å². The van der Waals surface area contributed by atoms with E-state index in [0.29, 0.717) is 5.92 Å². The number of alkyl halides is 1. The Hall–Kier alpha value is -0.740. The minimum absolute atomic E-state index is 0.00253. The van der Waals surface area contributed by atoms with E-state index in [9.17, 15) is 5.26 Å². The Morgan fingerprint density at radius 1 is 1.19 bits per heavy atom. The Labute approximate surface area is 102 Å². The van der Waals surface area contributed by atoms with Crippen LogP contribution in [0.25, 0.3) is 0 Å². The monoisotopic (exact) mass is 233 g/mol. The Morgan fingerprint density at radius 3 is 2.38 bits per heavy atom. The van der Waals surface area contributed by atoms with Gasteiger partial charge in [-0.1, -0.05) is 18.6 Å². The van der Waals surface area contributed by atoms with Crippen molar-refractivity contribution in [3.8, 4) is 6.07 Å². The van der Waals surface area contributed by atoms with Crippen LogP contribution < -0.4 is 0 Å². The molecule has 4 aliphatic rings. The number of halogens is 1. The second kappa shape index (κ2) is 3.64. The number of rotatable bonds is 0. The van der Waals surface area contributed by atoms with Crippen LogP contribution in [-0.2, 0) is 0 Å². The molecule has 0 N–H and O–H groups in total. The van der Waals surface area contributed by atoms with E-state index in [2.05, 4.69) is 18.2 Å². The van der Waals surface area contributed by atoms with Crippen LogP contribution in [-0.4, -0.2) is 4.87 Å². The third-order valence-corrected chi connectivity index (χ3v) is 5.05. The average Bonchev–Trinajstić information content (AvgIpc) is 2.29. The molecular formula is C14H16ClN. The lowest BCUT2D eigenvalue weighted by molar-refractivity contribution is 0.384. The van der Waals surface area contributed by atoms with E-state index in [1.807, 2.05) is 0 Å². The van der Waals surface area contributed by atoms with E-state index in [1.54, 1.807) is 0 Å². The van der Waals surface area contributed by atoms with Crippen LogP contribution >= 0.6 is 11.6 Å². The second-order valence-electron chi connectivity index (χ2n) is 5.24. The molecule has 0 heterocycles. The van der Waals surface area contributed by atoms with Crippen molar-refractivity contribution in [1.82, 2.24) is 0 Å². The minimum atomic E-state index is -0.427. The van der Waals surface area contributed by atoms with Crippen LogP contribution in [0.2, 0.25) is 0 Å². The molecule has 84 valence electrons. The molecule has 0 aliphatic heterocycles. The normalized spacial score (nSPS) is 41.5. The molecule has 0 aromatic rings. The van der Waals surface area contributed by atoms with Gasteiger partial charge in [-0.25, -0.2) is 0 Å². The summed E-state index contributed by atoms with van der Waals surface area (Å²) in [7, 11) is 0. The molecule has 1 saturated carbocycles. The lowest BCUT2D eigenvalue weighted by Crippen LogP contribution is -2.44. The maximum atomic E-state index is 9.31. The van der Waals surface area contributed by atoms with Gasteiger partial charge >= 0.3 is 0 Å². The quantitative estimate of drug-likeness (QED) is 0.459. The maximum absolute atomic E-state index is 9.31. The number of allylic oxidation sites excluding steroid dienone is 4. The van der Waals surface area contributed by atoms with Crippen molar-refractivity contribution in [2.24, 2.45) is 11.8 Å². The molecular weight excluding hydrogens is 218 g/mol. The van der Waals surface area contributed by atoms with Crippen molar-refractivity contribution >= 4 is 11.6 Å². The summed E-state index contributed by atoms with van der Waals surface area (Å²) in [5.41, 5.74) is 2.68. The molecule has 1 atom stereocenters. The van der Waals surface area contributed by atoms with E-state index < -0.39 is 4.87 Å². The summed E-state index contributed by atoms with van der Waals surface area (Å²) >= 11 is 6.85. The van der Waals surface area contributed by atoms with E-state index in [1.165, 1.54) is 30.4 Å². The molecule has 0 saturated heterocycles. The fourth-order valence-electron chi connectivity index (χ4n) is 3.51. The number of hydrogen-bond acceptors (Lipinski definition) is 1. The van der Waals surface area contributed by atoms with Gasteiger partial charge in [0, 0.05) is 0 Å². The number of nitriles is 1.